The molecule has 0 radical (unpaired) electrons. The number of hydrogen-bond acceptors (Lipinski definition) is 2. The molecular formula is C13H22ClN3. The first-order chi connectivity index (χ1) is 8.25. The molecule has 3 nitrogen and oxygen atoms in total. The molecule has 1 aliphatic carbocycles. The molecule has 0 saturated heterocycles. The van der Waals surface area contributed by atoms with Gasteiger partial charge in [-0.15, -0.1) is 0 Å². The topological polar surface area (TPSA) is 29.9 Å². The van der Waals surface area contributed by atoms with E-state index in [0.717, 1.165) is 36.3 Å². The van der Waals surface area contributed by atoms with Crippen LogP contribution in [0.2, 0.25) is 5.02 Å². The summed E-state index contributed by atoms with van der Waals surface area (Å²) in [5, 5.41) is 8.63. The number of nitrogens with one attached hydrogen (secondary N) is 1. The number of nitrogens with zero attached hydrogens (tertiary/aromatic N) is 2. The van der Waals surface area contributed by atoms with Crippen molar-refractivity contribution in [1.82, 2.24) is 15.1 Å². The average molecular weight is 256 g/mol. The van der Waals surface area contributed by atoms with Crippen LogP contribution in [0.3, 0.4) is 0 Å². The van der Waals surface area contributed by atoms with Gasteiger partial charge in [-0.25, -0.2) is 0 Å². The van der Waals surface area contributed by atoms with Crippen molar-refractivity contribution < 1.29 is 0 Å². The van der Waals surface area contributed by atoms with Crippen molar-refractivity contribution in [2.24, 2.45) is 5.92 Å². The van der Waals surface area contributed by atoms with Gasteiger partial charge in [0.2, 0.25) is 0 Å². The van der Waals surface area contributed by atoms with Crippen molar-refractivity contribution in [2.75, 3.05) is 13.1 Å². The normalized spacial score (nSPS) is 17.5. The molecule has 0 aliphatic heterocycles. The molecule has 2 rings (SSSR count). The van der Waals surface area contributed by atoms with Crippen LogP contribution >= 0.6 is 11.6 Å². The van der Waals surface area contributed by atoms with Crippen LogP contribution in [0.4, 0.5) is 0 Å². The molecule has 1 aromatic rings. The molecule has 4 heteroatoms. The van der Waals surface area contributed by atoms with E-state index < -0.39 is 0 Å². The Balaban J connectivity index is 1.62. The summed E-state index contributed by atoms with van der Waals surface area (Å²) in [6.45, 7) is 4.98. The van der Waals surface area contributed by atoms with Gasteiger partial charge in [0.1, 0.15) is 0 Å². The van der Waals surface area contributed by atoms with E-state index in [4.69, 9.17) is 11.6 Å². The fourth-order valence-electron chi connectivity index (χ4n) is 2.50. The molecule has 0 aromatic carbocycles. The third-order valence-corrected chi connectivity index (χ3v) is 3.93. The van der Waals surface area contributed by atoms with Crippen molar-refractivity contribution in [3.8, 4) is 0 Å². The minimum atomic E-state index is 0.761. The van der Waals surface area contributed by atoms with Crippen LogP contribution in [0.1, 0.15) is 37.8 Å². The van der Waals surface area contributed by atoms with E-state index in [1.54, 1.807) is 0 Å². The van der Waals surface area contributed by atoms with Gasteiger partial charge in [0.15, 0.2) is 0 Å². The smallest absolute Gasteiger partial charge is 0.0814 e. The molecule has 17 heavy (non-hydrogen) atoms. The molecule has 0 atom stereocenters. The average Bonchev–Trinajstić information content (AvgIpc) is 2.66. The monoisotopic (exact) mass is 255 g/mol. The summed E-state index contributed by atoms with van der Waals surface area (Å²) in [5.41, 5.74) is 0.916. The van der Waals surface area contributed by atoms with E-state index in [2.05, 4.69) is 10.4 Å². The Morgan fingerprint density at radius 1 is 1.41 bits per heavy atom. The highest BCUT2D eigenvalue weighted by molar-refractivity contribution is 6.31. The minimum absolute atomic E-state index is 0.761. The Labute approximate surface area is 109 Å². The van der Waals surface area contributed by atoms with Crippen LogP contribution in [0.5, 0.6) is 0 Å². The highest BCUT2D eigenvalue weighted by Crippen LogP contribution is 2.22. The molecule has 1 saturated carbocycles. The fourth-order valence-corrected chi connectivity index (χ4v) is 2.65. The second kappa shape index (κ2) is 6.41. The first-order valence-electron chi connectivity index (χ1n) is 6.66. The number of aryl methyl sites for hydroxylation is 1. The third-order valence-electron chi connectivity index (χ3n) is 3.56. The lowest BCUT2D eigenvalue weighted by molar-refractivity contribution is 0.339. The summed E-state index contributed by atoms with van der Waals surface area (Å²) < 4.78 is 1.92. The van der Waals surface area contributed by atoms with Crippen LogP contribution in [-0.4, -0.2) is 22.9 Å². The molecule has 1 aliphatic rings. The second-order valence-corrected chi connectivity index (χ2v) is 5.44. The summed E-state index contributed by atoms with van der Waals surface area (Å²) in [6.07, 6.45) is 8.97. The molecule has 0 bridgehead atoms. The van der Waals surface area contributed by atoms with Gasteiger partial charge in [-0.1, -0.05) is 30.9 Å². The maximum absolute atomic E-state index is 5.96. The van der Waals surface area contributed by atoms with E-state index in [-0.39, 0.29) is 0 Å². The van der Waals surface area contributed by atoms with Gasteiger partial charge in [0.25, 0.3) is 0 Å². The Bertz CT molecular complexity index is 323. The van der Waals surface area contributed by atoms with Crippen molar-refractivity contribution in [3.63, 3.8) is 0 Å². The molecule has 1 N–H and O–H groups in total. The summed E-state index contributed by atoms with van der Waals surface area (Å²) in [7, 11) is 0. The summed E-state index contributed by atoms with van der Waals surface area (Å²) in [6, 6.07) is 0. The van der Waals surface area contributed by atoms with Crippen molar-refractivity contribution in [1.29, 1.82) is 0 Å². The highest BCUT2D eigenvalue weighted by Gasteiger charge is 2.12. The minimum Gasteiger partial charge on any atom is -0.315 e. The molecule has 1 heterocycles. The lowest BCUT2D eigenvalue weighted by atomic mass is 9.89. The number of hydrogen-bond donors (Lipinski definition) is 1. The van der Waals surface area contributed by atoms with E-state index >= 15 is 0 Å². The van der Waals surface area contributed by atoms with E-state index in [1.165, 1.54) is 32.1 Å². The van der Waals surface area contributed by atoms with E-state index in [9.17, 15) is 0 Å². The van der Waals surface area contributed by atoms with Crippen LogP contribution in [0.15, 0.2) is 6.20 Å². The molecule has 0 spiro atoms. The zero-order chi connectivity index (χ0) is 12.1. The fraction of sp³-hybridized carbons (Fsp3) is 0.769. The van der Waals surface area contributed by atoms with Gasteiger partial charge in [0.05, 0.1) is 17.3 Å². The number of rotatable bonds is 5. The van der Waals surface area contributed by atoms with Crippen molar-refractivity contribution in [2.45, 2.75) is 45.6 Å². The van der Waals surface area contributed by atoms with Gasteiger partial charge in [0, 0.05) is 12.7 Å². The first kappa shape index (κ1) is 12.9. The zero-order valence-electron chi connectivity index (χ0n) is 10.6. The maximum atomic E-state index is 5.96. The van der Waals surface area contributed by atoms with Gasteiger partial charge in [-0.05, 0) is 32.2 Å². The number of halogens is 1. The SMILES string of the molecule is Cc1nn(CCNCC2CCCCC2)cc1Cl. The maximum Gasteiger partial charge on any atom is 0.0814 e. The van der Waals surface area contributed by atoms with Crippen LogP contribution < -0.4 is 5.32 Å². The Hall–Kier alpha value is -0.540. The van der Waals surface area contributed by atoms with Crippen molar-refractivity contribution in [3.05, 3.63) is 16.9 Å². The Kier molecular flexibility index (Phi) is 4.86. The predicted molar refractivity (Wildman–Crippen MR) is 71.4 cm³/mol. The molecule has 0 amide bonds. The van der Waals surface area contributed by atoms with E-state index in [0.29, 0.717) is 0 Å². The van der Waals surface area contributed by atoms with Crippen molar-refractivity contribution >= 4 is 11.6 Å². The van der Waals surface area contributed by atoms with E-state index in [1.807, 2.05) is 17.8 Å². The van der Waals surface area contributed by atoms with Crippen LogP contribution in [-0.2, 0) is 6.54 Å². The first-order valence-corrected chi connectivity index (χ1v) is 7.04. The summed E-state index contributed by atoms with van der Waals surface area (Å²) in [5.74, 6) is 0.895. The van der Waals surface area contributed by atoms with Crippen LogP contribution in [0, 0.1) is 12.8 Å². The van der Waals surface area contributed by atoms with Gasteiger partial charge in [-0.2, -0.15) is 5.10 Å². The summed E-state index contributed by atoms with van der Waals surface area (Å²) >= 11 is 5.96. The molecule has 1 fully saturated rings. The van der Waals surface area contributed by atoms with Gasteiger partial charge < -0.3 is 5.32 Å². The predicted octanol–water partition coefficient (Wildman–Crippen LogP) is 3.01. The largest absolute Gasteiger partial charge is 0.315 e. The molecular weight excluding hydrogens is 234 g/mol. The molecule has 1 aromatic heterocycles. The lowest BCUT2D eigenvalue weighted by Gasteiger charge is -2.21. The zero-order valence-corrected chi connectivity index (χ0v) is 11.3. The second-order valence-electron chi connectivity index (χ2n) is 5.03. The standard InChI is InChI=1S/C13H22ClN3/c1-11-13(14)10-17(16-11)8-7-15-9-12-5-3-2-4-6-12/h10,12,15H,2-9H2,1H3. The lowest BCUT2D eigenvalue weighted by Crippen LogP contribution is -2.27. The Morgan fingerprint density at radius 2 is 2.18 bits per heavy atom. The quantitative estimate of drug-likeness (QED) is 0.820. The summed E-state index contributed by atoms with van der Waals surface area (Å²) in [4.78, 5) is 0. The highest BCUT2D eigenvalue weighted by atomic mass is 35.5. The number of aromatic nitrogens is 2. The molecule has 96 valence electrons. The van der Waals surface area contributed by atoms with Crippen LogP contribution in [0.25, 0.3) is 0 Å². The van der Waals surface area contributed by atoms with Gasteiger partial charge >= 0.3 is 0 Å². The third kappa shape index (κ3) is 4.00. The molecule has 0 unspecified atom stereocenters. The van der Waals surface area contributed by atoms with Gasteiger partial charge in [-0.3, -0.25) is 4.68 Å². The Morgan fingerprint density at radius 3 is 2.82 bits per heavy atom.